The van der Waals surface area contributed by atoms with Crippen LogP contribution in [0.25, 0.3) is 0 Å². The molecule has 0 aliphatic carbocycles. The van der Waals surface area contributed by atoms with Gasteiger partial charge < -0.3 is 9.63 Å². The van der Waals surface area contributed by atoms with E-state index in [1.165, 1.54) is 17.8 Å². The summed E-state index contributed by atoms with van der Waals surface area (Å²) < 4.78 is 5.18. The Morgan fingerprint density at radius 2 is 2.14 bits per heavy atom. The van der Waals surface area contributed by atoms with Crippen LogP contribution in [0.2, 0.25) is 0 Å². The summed E-state index contributed by atoms with van der Waals surface area (Å²) in [7, 11) is 0. The first-order valence-corrected chi connectivity index (χ1v) is 7.67. The van der Waals surface area contributed by atoms with Gasteiger partial charge in [-0.3, -0.25) is 0 Å². The predicted molar refractivity (Wildman–Crippen MR) is 77.5 cm³/mol. The summed E-state index contributed by atoms with van der Waals surface area (Å²) in [6.07, 6.45) is 3.31. The van der Waals surface area contributed by atoms with Gasteiger partial charge in [0.25, 0.3) is 0 Å². The van der Waals surface area contributed by atoms with E-state index in [2.05, 4.69) is 15.1 Å². The number of thiophene rings is 1. The van der Waals surface area contributed by atoms with Crippen LogP contribution in [0.4, 0.5) is 0 Å². The molecule has 1 N–H and O–H groups in total. The van der Waals surface area contributed by atoms with Crippen molar-refractivity contribution in [1.29, 1.82) is 0 Å². The van der Waals surface area contributed by atoms with E-state index in [1.807, 2.05) is 17.5 Å². The summed E-state index contributed by atoms with van der Waals surface area (Å²) in [4.78, 5) is 20.3. The molecule has 3 heterocycles. The van der Waals surface area contributed by atoms with Crippen molar-refractivity contribution in [2.75, 3.05) is 0 Å². The third-order valence-corrected chi connectivity index (χ3v) is 4.80. The minimum atomic E-state index is -1.11. The number of hydrogen-bond donors (Lipinski definition) is 1. The Labute approximate surface area is 127 Å². The van der Waals surface area contributed by atoms with Gasteiger partial charge in [0.1, 0.15) is 5.25 Å². The van der Waals surface area contributed by atoms with Crippen molar-refractivity contribution < 1.29 is 14.4 Å². The van der Waals surface area contributed by atoms with Gasteiger partial charge in [0.15, 0.2) is 16.6 Å². The highest BCUT2D eigenvalue weighted by Crippen LogP contribution is 2.41. The number of carboxylic acids is 1. The van der Waals surface area contributed by atoms with Crippen molar-refractivity contribution >= 4 is 29.1 Å². The van der Waals surface area contributed by atoms with Crippen LogP contribution in [0.3, 0.4) is 0 Å². The Morgan fingerprint density at radius 1 is 1.33 bits per heavy atom. The highest BCUT2D eigenvalue weighted by atomic mass is 32.2. The van der Waals surface area contributed by atoms with Crippen LogP contribution in [0.1, 0.15) is 26.4 Å². The molecule has 0 bridgehead atoms. The van der Waals surface area contributed by atoms with Gasteiger partial charge in [0, 0.05) is 23.3 Å². The molecule has 1 atom stereocenters. The highest BCUT2D eigenvalue weighted by molar-refractivity contribution is 7.99. The summed E-state index contributed by atoms with van der Waals surface area (Å²) in [5, 5.41) is 14.8. The molecule has 0 saturated carbocycles. The van der Waals surface area contributed by atoms with Crippen molar-refractivity contribution in [2.24, 2.45) is 0 Å². The van der Waals surface area contributed by atoms with Gasteiger partial charge in [-0.15, -0.1) is 11.3 Å². The molecule has 0 aliphatic rings. The monoisotopic (exact) mass is 319 g/mol. The molecule has 6 nitrogen and oxygen atoms in total. The second-order valence-electron chi connectivity index (χ2n) is 3.96. The Balaban J connectivity index is 1.94. The second kappa shape index (κ2) is 6.06. The maximum Gasteiger partial charge on any atom is 0.358 e. The molecule has 3 aromatic heterocycles. The summed E-state index contributed by atoms with van der Waals surface area (Å²) >= 11 is 2.94. The molecule has 0 spiro atoms. The molecule has 3 aromatic rings. The lowest BCUT2D eigenvalue weighted by Gasteiger charge is -2.09. The lowest BCUT2D eigenvalue weighted by Crippen LogP contribution is -1.96. The molecule has 0 aromatic carbocycles. The van der Waals surface area contributed by atoms with E-state index >= 15 is 0 Å². The van der Waals surface area contributed by atoms with Gasteiger partial charge in [-0.25, -0.2) is 14.8 Å². The third-order valence-electron chi connectivity index (χ3n) is 2.57. The largest absolute Gasteiger partial charge is 0.476 e. The summed E-state index contributed by atoms with van der Waals surface area (Å²) in [5.41, 5.74) is -0.110. The van der Waals surface area contributed by atoms with Gasteiger partial charge in [0.05, 0.1) is 0 Å². The van der Waals surface area contributed by atoms with Crippen LogP contribution >= 0.6 is 23.1 Å². The highest BCUT2D eigenvalue weighted by Gasteiger charge is 2.24. The quantitative estimate of drug-likeness (QED) is 0.571. The second-order valence-corrected chi connectivity index (χ2v) is 6.02. The number of carbonyl (C=O) groups is 1. The zero-order valence-electron chi connectivity index (χ0n) is 10.5. The third kappa shape index (κ3) is 3.11. The van der Waals surface area contributed by atoms with E-state index in [9.17, 15) is 4.79 Å². The molecule has 3 rings (SSSR count). The zero-order valence-corrected chi connectivity index (χ0v) is 12.2. The normalized spacial score (nSPS) is 12.2. The summed E-state index contributed by atoms with van der Waals surface area (Å²) in [5.74, 6) is -0.650. The molecule has 106 valence electrons. The van der Waals surface area contributed by atoms with Crippen molar-refractivity contribution in [2.45, 2.75) is 10.4 Å². The first kappa shape index (κ1) is 13.8. The van der Waals surface area contributed by atoms with Gasteiger partial charge in [0.2, 0.25) is 0 Å². The van der Waals surface area contributed by atoms with Crippen molar-refractivity contribution in [3.63, 3.8) is 0 Å². The number of nitrogens with zero attached hydrogens (tertiary/aromatic N) is 3. The van der Waals surface area contributed by atoms with E-state index < -0.39 is 5.97 Å². The molecular weight excluding hydrogens is 310 g/mol. The van der Waals surface area contributed by atoms with Crippen LogP contribution in [0.15, 0.2) is 51.7 Å². The fraction of sp³-hybridized carbons (Fsp3) is 0.0769. The van der Waals surface area contributed by atoms with Crippen LogP contribution in [0.5, 0.6) is 0 Å². The average Bonchev–Trinajstić information content (AvgIpc) is 3.17. The SMILES string of the molecule is O=C(O)c1cc(C(Sc2ncccn2)c2cccs2)on1. The van der Waals surface area contributed by atoms with Gasteiger partial charge in [-0.2, -0.15) is 0 Å². The fourth-order valence-corrected chi connectivity index (χ4v) is 3.56. The molecule has 8 heteroatoms. The molecule has 0 aliphatic heterocycles. The molecule has 0 radical (unpaired) electrons. The van der Waals surface area contributed by atoms with E-state index in [0.717, 1.165) is 4.88 Å². The summed E-state index contributed by atoms with van der Waals surface area (Å²) in [6.45, 7) is 0. The Kier molecular flexibility index (Phi) is 3.98. The number of carboxylic acid groups (broad SMARTS) is 1. The van der Waals surface area contributed by atoms with Gasteiger partial charge >= 0.3 is 5.97 Å². The minimum absolute atomic E-state index is 0.110. The Hall–Kier alpha value is -2.19. The molecule has 0 amide bonds. The smallest absolute Gasteiger partial charge is 0.358 e. The zero-order chi connectivity index (χ0) is 14.7. The summed E-state index contributed by atoms with van der Waals surface area (Å²) in [6, 6.07) is 7.05. The number of thioether (sulfide) groups is 1. The van der Waals surface area contributed by atoms with E-state index in [1.54, 1.807) is 29.8 Å². The number of aromatic nitrogens is 3. The lowest BCUT2D eigenvalue weighted by atomic mass is 10.2. The average molecular weight is 319 g/mol. The first-order valence-electron chi connectivity index (χ1n) is 5.91. The van der Waals surface area contributed by atoms with Crippen molar-refractivity contribution in [3.8, 4) is 0 Å². The van der Waals surface area contributed by atoms with Crippen molar-refractivity contribution in [3.05, 3.63) is 58.4 Å². The van der Waals surface area contributed by atoms with E-state index in [4.69, 9.17) is 9.63 Å². The first-order chi connectivity index (χ1) is 10.2. The standard InChI is InChI=1S/C13H9N3O3S2/c17-12(18)8-7-9(19-16-8)11(10-3-1-6-20-10)21-13-14-4-2-5-15-13/h1-7,11H,(H,17,18). The van der Waals surface area contributed by atoms with Gasteiger partial charge in [-0.05, 0) is 17.5 Å². The predicted octanol–water partition coefficient (Wildman–Crippen LogP) is 3.11. The van der Waals surface area contributed by atoms with Crippen LogP contribution in [0, 0.1) is 0 Å². The maximum absolute atomic E-state index is 10.9. The van der Waals surface area contributed by atoms with Crippen LogP contribution < -0.4 is 0 Å². The van der Waals surface area contributed by atoms with E-state index in [0.29, 0.717) is 10.9 Å². The van der Waals surface area contributed by atoms with Crippen LogP contribution in [-0.2, 0) is 0 Å². The van der Waals surface area contributed by atoms with E-state index in [-0.39, 0.29) is 10.9 Å². The molecular formula is C13H9N3O3S2. The minimum Gasteiger partial charge on any atom is -0.476 e. The number of hydrogen-bond acceptors (Lipinski definition) is 7. The molecule has 0 fully saturated rings. The number of aromatic carboxylic acids is 1. The van der Waals surface area contributed by atoms with Gasteiger partial charge in [-0.1, -0.05) is 23.0 Å². The lowest BCUT2D eigenvalue weighted by molar-refractivity contribution is 0.0685. The molecule has 21 heavy (non-hydrogen) atoms. The molecule has 1 unspecified atom stereocenters. The Bertz CT molecular complexity index is 728. The maximum atomic E-state index is 10.9. The Morgan fingerprint density at radius 3 is 2.76 bits per heavy atom. The topological polar surface area (TPSA) is 89.1 Å². The fourth-order valence-electron chi connectivity index (χ4n) is 1.66. The van der Waals surface area contributed by atoms with Crippen LogP contribution in [-0.4, -0.2) is 26.2 Å². The van der Waals surface area contributed by atoms with Crippen molar-refractivity contribution in [1.82, 2.24) is 15.1 Å². The molecule has 0 saturated heterocycles. The number of rotatable bonds is 5.